The Bertz CT molecular complexity index is 1220. The standard InChI is InChI=1S/C27H27NO5/c1-5-10-32-21-9-8-19(15-18(21)4)25(29)23-24(22-7-6-11-33-22)28(27(31)26(23)30)20-13-16(2)12-17(3)14-20/h6-9,11-15,24,29H,5,10H2,1-4H3/b25-23-. The highest BCUT2D eigenvalue weighted by Gasteiger charge is 2.48. The van der Waals surface area contributed by atoms with Gasteiger partial charge in [-0.1, -0.05) is 13.0 Å². The van der Waals surface area contributed by atoms with Crippen LogP contribution in [-0.4, -0.2) is 23.4 Å². The molecule has 2 aromatic carbocycles. The fraction of sp³-hybridized carbons (Fsp3) is 0.259. The van der Waals surface area contributed by atoms with Gasteiger partial charge in [-0.25, -0.2) is 0 Å². The number of nitrogens with zero attached hydrogens (tertiary/aromatic N) is 1. The monoisotopic (exact) mass is 445 g/mol. The van der Waals surface area contributed by atoms with Gasteiger partial charge in [0.1, 0.15) is 23.3 Å². The molecule has 0 spiro atoms. The van der Waals surface area contributed by atoms with E-state index in [4.69, 9.17) is 9.15 Å². The summed E-state index contributed by atoms with van der Waals surface area (Å²) in [6.45, 7) is 8.35. The Balaban J connectivity index is 1.86. The first-order chi connectivity index (χ1) is 15.8. The van der Waals surface area contributed by atoms with Crippen LogP contribution in [0.2, 0.25) is 0 Å². The molecule has 1 fully saturated rings. The van der Waals surface area contributed by atoms with E-state index in [1.54, 1.807) is 30.3 Å². The summed E-state index contributed by atoms with van der Waals surface area (Å²) in [5.74, 6) is -0.590. The number of furan rings is 1. The lowest BCUT2D eigenvalue weighted by atomic mass is 9.98. The van der Waals surface area contributed by atoms with Crippen LogP contribution >= 0.6 is 0 Å². The van der Waals surface area contributed by atoms with E-state index in [0.717, 1.165) is 23.1 Å². The van der Waals surface area contributed by atoms with E-state index in [2.05, 4.69) is 0 Å². The molecule has 6 nitrogen and oxygen atoms in total. The summed E-state index contributed by atoms with van der Waals surface area (Å²) in [5.41, 5.74) is 3.76. The largest absolute Gasteiger partial charge is 0.507 e. The third-order valence-corrected chi connectivity index (χ3v) is 5.65. The van der Waals surface area contributed by atoms with E-state index >= 15 is 0 Å². The highest BCUT2D eigenvalue weighted by molar-refractivity contribution is 6.51. The first kappa shape index (κ1) is 22.4. The predicted octanol–water partition coefficient (Wildman–Crippen LogP) is 5.62. The first-order valence-electron chi connectivity index (χ1n) is 11.0. The number of ether oxygens (including phenoxy) is 1. The minimum absolute atomic E-state index is 0.00395. The van der Waals surface area contributed by atoms with Gasteiger partial charge >= 0.3 is 0 Å². The van der Waals surface area contributed by atoms with Crippen molar-refractivity contribution in [3.63, 3.8) is 0 Å². The van der Waals surface area contributed by atoms with E-state index in [0.29, 0.717) is 29.4 Å². The molecule has 4 rings (SSSR count). The Labute approximate surface area is 193 Å². The zero-order chi connectivity index (χ0) is 23.7. The second kappa shape index (κ2) is 8.98. The van der Waals surface area contributed by atoms with Crippen LogP contribution in [0.3, 0.4) is 0 Å². The van der Waals surface area contributed by atoms with Gasteiger partial charge in [-0.2, -0.15) is 0 Å². The molecular weight excluding hydrogens is 418 g/mol. The van der Waals surface area contributed by atoms with Crippen molar-refractivity contribution in [1.29, 1.82) is 0 Å². The molecule has 0 bridgehead atoms. The van der Waals surface area contributed by atoms with Crippen molar-refractivity contribution in [1.82, 2.24) is 0 Å². The number of aliphatic hydroxyl groups excluding tert-OH is 1. The quantitative estimate of drug-likeness (QED) is 0.303. The van der Waals surface area contributed by atoms with E-state index in [9.17, 15) is 14.7 Å². The summed E-state index contributed by atoms with van der Waals surface area (Å²) in [5, 5.41) is 11.2. The van der Waals surface area contributed by atoms with Crippen LogP contribution in [-0.2, 0) is 9.59 Å². The van der Waals surface area contributed by atoms with Gasteiger partial charge in [0.25, 0.3) is 11.7 Å². The molecule has 0 aliphatic carbocycles. The van der Waals surface area contributed by atoms with Crippen LogP contribution < -0.4 is 9.64 Å². The Morgan fingerprint density at radius 1 is 1.06 bits per heavy atom. The van der Waals surface area contributed by atoms with Gasteiger partial charge in [0.2, 0.25) is 0 Å². The number of carbonyl (C=O) groups is 2. The van der Waals surface area contributed by atoms with Crippen LogP contribution in [0.15, 0.2) is 64.8 Å². The van der Waals surface area contributed by atoms with Crippen molar-refractivity contribution in [3.8, 4) is 5.75 Å². The molecule has 0 saturated carbocycles. The van der Waals surface area contributed by atoms with Gasteiger partial charge in [-0.3, -0.25) is 14.5 Å². The molecule has 1 aliphatic rings. The lowest BCUT2D eigenvalue weighted by Crippen LogP contribution is -2.29. The Morgan fingerprint density at radius 3 is 2.39 bits per heavy atom. The zero-order valence-corrected chi connectivity index (χ0v) is 19.2. The maximum absolute atomic E-state index is 13.2. The highest BCUT2D eigenvalue weighted by Crippen LogP contribution is 2.43. The van der Waals surface area contributed by atoms with Gasteiger partial charge in [0.05, 0.1) is 18.4 Å². The maximum atomic E-state index is 13.2. The SMILES string of the molecule is CCCOc1ccc(/C(O)=C2/C(=O)C(=O)N(c3cc(C)cc(C)c3)C2c2ccco2)cc1C. The number of Topliss-reactive ketones (excluding diaryl/α,β-unsaturated/α-hetero) is 1. The number of hydrogen-bond donors (Lipinski definition) is 1. The molecule has 1 atom stereocenters. The first-order valence-corrected chi connectivity index (χ1v) is 11.0. The molecule has 1 aromatic heterocycles. The number of hydrogen-bond acceptors (Lipinski definition) is 5. The van der Waals surface area contributed by atoms with Crippen molar-refractivity contribution in [3.05, 3.63) is 88.4 Å². The van der Waals surface area contributed by atoms with Crippen molar-refractivity contribution < 1.29 is 23.8 Å². The van der Waals surface area contributed by atoms with Gasteiger partial charge in [-0.05, 0) is 86.3 Å². The number of aryl methyl sites for hydroxylation is 3. The zero-order valence-electron chi connectivity index (χ0n) is 19.2. The lowest BCUT2D eigenvalue weighted by molar-refractivity contribution is -0.132. The normalized spacial score (nSPS) is 17.6. The van der Waals surface area contributed by atoms with E-state index in [-0.39, 0.29) is 11.3 Å². The number of ketones is 1. The molecule has 0 radical (unpaired) electrons. The number of benzene rings is 2. The van der Waals surface area contributed by atoms with Gasteiger partial charge in [0, 0.05) is 11.3 Å². The number of amides is 1. The summed E-state index contributed by atoms with van der Waals surface area (Å²) >= 11 is 0. The molecule has 2 heterocycles. The number of anilines is 1. The Morgan fingerprint density at radius 2 is 1.79 bits per heavy atom. The molecule has 1 N–H and O–H groups in total. The van der Waals surface area contributed by atoms with Gasteiger partial charge < -0.3 is 14.3 Å². The summed E-state index contributed by atoms with van der Waals surface area (Å²) in [6.07, 6.45) is 2.37. The topological polar surface area (TPSA) is 80.0 Å². The summed E-state index contributed by atoms with van der Waals surface area (Å²) in [6, 6.07) is 13.4. The molecule has 1 saturated heterocycles. The number of carbonyl (C=O) groups excluding carboxylic acids is 2. The minimum atomic E-state index is -0.877. The summed E-state index contributed by atoms with van der Waals surface area (Å²) in [7, 11) is 0. The third-order valence-electron chi connectivity index (χ3n) is 5.65. The molecule has 6 heteroatoms. The van der Waals surface area contributed by atoms with Crippen LogP contribution in [0, 0.1) is 20.8 Å². The molecule has 1 aliphatic heterocycles. The molecular formula is C27H27NO5. The second-order valence-electron chi connectivity index (χ2n) is 8.36. The van der Waals surface area contributed by atoms with Crippen LogP contribution in [0.4, 0.5) is 5.69 Å². The molecule has 170 valence electrons. The molecule has 3 aromatic rings. The molecule has 33 heavy (non-hydrogen) atoms. The van der Waals surface area contributed by atoms with E-state index in [1.807, 2.05) is 45.9 Å². The van der Waals surface area contributed by atoms with E-state index in [1.165, 1.54) is 11.2 Å². The van der Waals surface area contributed by atoms with Crippen molar-refractivity contribution >= 4 is 23.1 Å². The average Bonchev–Trinajstić information content (AvgIpc) is 3.39. The molecule has 1 amide bonds. The van der Waals surface area contributed by atoms with Gasteiger partial charge in [0.15, 0.2) is 0 Å². The smallest absolute Gasteiger partial charge is 0.300 e. The fourth-order valence-electron chi connectivity index (χ4n) is 4.23. The molecule has 1 unspecified atom stereocenters. The van der Waals surface area contributed by atoms with Crippen LogP contribution in [0.1, 0.15) is 47.4 Å². The van der Waals surface area contributed by atoms with Crippen LogP contribution in [0.25, 0.3) is 5.76 Å². The Kier molecular flexibility index (Phi) is 6.09. The van der Waals surface area contributed by atoms with Crippen LogP contribution in [0.5, 0.6) is 5.75 Å². The van der Waals surface area contributed by atoms with E-state index < -0.39 is 17.7 Å². The average molecular weight is 446 g/mol. The highest BCUT2D eigenvalue weighted by atomic mass is 16.5. The maximum Gasteiger partial charge on any atom is 0.300 e. The summed E-state index contributed by atoms with van der Waals surface area (Å²) in [4.78, 5) is 27.8. The van der Waals surface area contributed by atoms with Crippen molar-refractivity contribution in [2.45, 2.75) is 40.2 Å². The Hall–Kier alpha value is -3.80. The fourth-order valence-corrected chi connectivity index (χ4v) is 4.23. The number of rotatable bonds is 6. The van der Waals surface area contributed by atoms with Gasteiger partial charge in [-0.15, -0.1) is 0 Å². The third kappa shape index (κ3) is 4.16. The summed E-state index contributed by atoms with van der Waals surface area (Å²) < 4.78 is 11.3. The van der Waals surface area contributed by atoms with Crippen molar-refractivity contribution in [2.24, 2.45) is 0 Å². The lowest BCUT2D eigenvalue weighted by Gasteiger charge is -2.24. The minimum Gasteiger partial charge on any atom is -0.507 e. The van der Waals surface area contributed by atoms with Crippen molar-refractivity contribution in [2.75, 3.05) is 11.5 Å². The number of aliphatic hydroxyl groups is 1. The second-order valence-corrected chi connectivity index (χ2v) is 8.36. The predicted molar refractivity (Wildman–Crippen MR) is 126 cm³/mol.